The minimum absolute atomic E-state index is 0.104. The Morgan fingerprint density at radius 3 is 2.28 bits per heavy atom. The van der Waals surface area contributed by atoms with E-state index in [0.717, 1.165) is 20.3 Å². The van der Waals surface area contributed by atoms with E-state index in [1.165, 1.54) is 0 Å². The molecule has 3 nitrogen and oxygen atoms in total. The van der Waals surface area contributed by atoms with Crippen LogP contribution < -0.4 is 10.1 Å². The van der Waals surface area contributed by atoms with Crippen LogP contribution in [0, 0.1) is 0 Å². The second kappa shape index (κ2) is 6.89. The number of hydrogen-bond acceptors (Lipinski definition) is 3. The lowest BCUT2D eigenvalue weighted by atomic mass is 10.1. The first-order valence-corrected chi connectivity index (χ1v) is 7.45. The van der Waals surface area contributed by atoms with Crippen LogP contribution in [0.2, 0.25) is 0 Å². The van der Waals surface area contributed by atoms with Crippen molar-refractivity contribution < 1.29 is 9.84 Å². The average Bonchev–Trinajstić information content (AvgIpc) is 2.31. The van der Waals surface area contributed by atoms with Gasteiger partial charge in [-0.25, -0.2) is 0 Å². The van der Waals surface area contributed by atoms with E-state index in [-0.39, 0.29) is 12.1 Å². The van der Waals surface area contributed by atoms with E-state index in [1.54, 1.807) is 0 Å². The molecule has 0 heterocycles. The first-order chi connectivity index (χ1) is 8.39. The Hall–Kier alpha value is -0.100. The van der Waals surface area contributed by atoms with Crippen molar-refractivity contribution >= 4 is 31.9 Å². The fourth-order valence-electron chi connectivity index (χ4n) is 1.39. The Kier molecular flexibility index (Phi) is 6.11. The fourth-order valence-corrected chi connectivity index (χ4v) is 2.90. The van der Waals surface area contributed by atoms with Gasteiger partial charge in [-0.3, -0.25) is 0 Å². The van der Waals surface area contributed by atoms with Gasteiger partial charge in [-0.15, -0.1) is 0 Å². The van der Waals surface area contributed by atoms with Crippen LogP contribution in [0.4, 0.5) is 0 Å². The van der Waals surface area contributed by atoms with Crippen LogP contribution in [-0.2, 0) is 6.54 Å². The van der Waals surface area contributed by atoms with Gasteiger partial charge in [-0.2, -0.15) is 0 Å². The van der Waals surface area contributed by atoms with Crippen LogP contribution in [0.1, 0.15) is 26.3 Å². The lowest BCUT2D eigenvalue weighted by Crippen LogP contribution is -2.42. The molecule has 1 aromatic carbocycles. The Morgan fingerprint density at radius 2 is 1.83 bits per heavy atom. The van der Waals surface area contributed by atoms with Gasteiger partial charge >= 0.3 is 0 Å². The van der Waals surface area contributed by atoms with Gasteiger partial charge in [-0.1, -0.05) is 0 Å². The van der Waals surface area contributed by atoms with Crippen LogP contribution >= 0.6 is 31.9 Å². The van der Waals surface area contributed by atoms with Gasteiger partial charge in [0.2, 0.25) is 0 Å². The molecule has 0 unspecified atom stereocenters. The van der Waals surface area contributed by atoms with Crippen molar-refractivity contribution in [3.05, 3.63) is 26.6 Å². The number of nitrogens with one attached hydrogen (secondary N) is 1. The summed E-state index contributed by atoms with van der Waals surface area (Å²) < 4.78 is 7.39. The van der Waals surface area contributed by atoms with E-state index in [0.29, 0.717) is 13.2 Å². The summed E-state index contributed by atoms with van der Waals surface area (Å²) in [7, 11) is 0. The molecular formula is C13H19Br2NO2. The molecule has 0 saturated heterocycles. The lowest BCUT2D eigenvalue weighted by molar-refractivity contribution is 0.187. The first-order valence-electron chi connectivity index (χ1n) is 5.86. The molecule has 0 aromatic heterocycles. The van der Waals surface area contributed by atoms with Gasteiger partial charge in [0.25, 0.3) is 0 Å². The van der Waals surface area contributed by atoms with E-state index in [2.05, 4.69) is 37.2 Å². The number of benzene rings is 1. The maximum atomic E-state index is 9.19. The number of hydrogen-bond donors (Lipinski definition) is 2. The van der Waals surface area contributed by atoms with E-state index >= 15 is 0 Å². The quantitative estimate of drug-likeness (QED) is 0.793. The maximum Gasteiger partial charge on any atom is 0.147 e. The molecule has 0 spiro atoms. The Bertz CT molecular complexity index is 385. The smallest absolute Gasteiger partial charge is 0.147 e. The van der Waals surface area contributed by atoms with Crippen LogP contribution in [0.5, 0.6) is 5.75 Å². The van der Waals surface area contributed by atoms with Gasteiger partial charge in [0, 0.05) is 12.1 Å². The summed E-state index contributed by atoms with van der Waals surface area (Å²) in [6, 6.07) is 4.05. The standard InChI is InChI=1S/C13H19Br2NO2/c1-4-18-12-10(14)5-9(6-11(12)15)7-16-13(2,3)8-17/h5-6,16-17H,4,7-8H2,1-3H3. The zero-order valence-electron chi connectivity index (χ0n) is 10.9. The summed E-state index contributed by atoms with van der Waals surface area (Å²) in [6.07, 6.45) is 0. The summed E-state index contributed by atoms with van der Waals surface area (Å²) in [5.74, 6) is 0.822. The summed E-state index contributed by atoms with van der Waals surface area (Å²) in [6.45, 7) is 7.31. The minimum Gasteiger partial charge on any atom is -0.492 e. The second-order valence-electron chi connectivity index (χ2n) is 4.72. The van der Waals surface area contributed by atoms with Crippen molar-refractivity contribution in [2.75, 3.05) is 13.2 Å². The SMILES string of the molecule is CCOc1c(Br)cc(CNC(C)(C)CO)cc1Br. The van der Waals surface area contributed by atoms with Crippen molar-refractivity contribution in [2.24, 2.45) is 0 Å². The molecule has 0 aliphatic carbocycles. The molecule has 5 heteroatoms. The molecule has 0 fully saturated rings. The highest BCUT2D eigenvalue weighted by atomic mass is 79.9. The number of aliphatic hydroxyl groups excluding tert-OH is 1. The Morgan fingerprint density at radius 1 is 1.28 bits per heavy atom. The van der Waals surface area contributed by atoms with Crippen molar-refractivity contribution in [1.82, 2.24) is 5.32 Å². The molecule has 102 valence electrons. The molecule has 2 N–H and O–H groups in total. The molecular weight excluding hydrogens is 362 g/mol. The summed E-state index contributed by atoms with van der Waals surface area (Å²) in [5.41, 5.74) is 0.844. The topological polar surface area (TPSA) is 41.5 Å². The predicted molar refractivity (Wildman–Crippen MR) is 81.0 cm³/mol. The van der Waals surface area contributed by atoms with Crippen molar-refractivity contribution in [3.63, 3.8) is 0 Å². The predicted octanol–water partition coefficient (Wildman–Crippen LogP) is 3.47. The lowest BCUT2D eigenvalue weighted by Gasteiger charge is -2.24. The largest absolute Gasteiger partial charge is 0.492 e. The van der Waals surface area contributed by atoms with Gasteiger partial charge < -0.3 is 15.2 Å². The average molecular weight is 381 g/mol. The van der Waals surface area contributed by atoms with E-state index in [9.17, 15) is 5.11 Å². The highest BCUT2D eigenvalue weighted by molar-refractivity contribution is 9.11. The molecule has 0 atom stereocenters. The number of rotatable bonds is 6. The molecule has 0 saturated carbocycles. The third-order valence-electron chi connectivity index (χ3n) is 2.51. The van der Waals surface area contributed by atoms with Crippen molar-refractivity contribution in [3.8, 4) is 5.75 Å². The molecule has 0 radical (unpaired) electrons. The molecule has 1 aromatic rings. The van der Waals surface area contributed by atoms with Crippen LogP contribution in [-0.4, -0.2) is 23.9 Å². The van der Waals surface area contributed by atoms with Crippen LogP contribution in [0.15, 0.2) is 21.1 Å². The summed E-state index contributed by atoms with van der Waals surface area (Å²) in [4.78, 5) is 0. The highest BCUT2D eigenvalue weighted by Crippen LogP contribution is 2.34. The normalized spacial score (nSPS) is 11.7. The van der Waals surface area contributed by atoms with Gasteiger partial charge in [-0.05, 0) is 70.3 Å². The number of halogens is 2. The third kappa shape index (κ3) is 4.53. The molecule has 0 aliphatic heterocycles. The Labute approximate surface area is 125 Å². The van der Waals surface area contributed by atoms with E-state index in [1.807, 2.05) is 32.9 Å². The molecule has 0 bridgehead atoms. The van der Waals surface area contributed by atoms with Crippen LogP contribution in [0.25, 0.3) is 0 Å². The third-order valence-corrected chi connectivity index (χ3v) is 3.69. The second-order valence-corrected chi connectivity index (χ2v) is 6.43. The van der Waals surface area contributed by atoms with E-state index in [4.69, 9.17) is 4.74 Å². The minimum atomic E-state index is -0.280. The molecule has 1 rings (SSSR count). The monoisotopic (exact) mass is 379 g/mol. The zero-order chi connectivity index (χ0) is 13.8. The molecule has 0 amide bonds. The summed E-state index contributed by atoms with van der Waals surface area (Å²) >= 11 is 7.01. The van der Waals surface area contributed by atoms with E-state index < -0.39 is 0 Å². The van der Waals surface area contributed by atoms with Gasteiger partial charge in [0.15, 0.2) is 0 Å². The number of aliphatic hydroxyl groups is 1. The van der Waals surface area contributed by atoms with Gasteiger partial charge in [0.05, 0.1) is 22.2 Å². The fraction of sp³-hybridized carbons (Fsp3) is 0.538. The Balaban J connectivity index is 2.80. The maximum absolute atomic E-state index is 9.19. The van der Waals surface area contributed by atoms with Crippen molar-refractivity contribution in [1.29, 1.82) is 0 Å². The van der Waals surface area contributed by atoms with Crippen molar-refractivity contribution in [2.45, 2.75) is 32.9 Å². The zero-order valence-corrected chi connectivity index (χ0v) is 14.1. The highest BCUT2D eigenvalue weighted by Gasteiger charge is 2.16. The summed E-state index contributed by atoms with van der Waals surface area (Å²) in [5, 5.41) is 12.5. The molecule has 18 heavy (non-hydrogen) atoms. The van der Waals surface area contributed by atoms with Crippen LogP contribution in [0.3, 0.4) is 0 Å². The first kappa shape index (κ1) is 16.0. The number of ether oxygens (including phenoxy) is 1. The molecule has 0 aliphatic rings. The van der Waals surface area contributed by atoms with Gasteiger partial charge in [0.1, 0.15) is 5.75 Å².